The molecule has 1 aliphatic rings. The molecule has 1 amide bonds. The van der Waals surface area contributed by atoms with Crippen LogP contribution < -0.4 is 10.1 Å². The molecule has 7 heteroatoms. The topological polar surface area (TPSA) is 84.7 Å². The van der Waals surface area contributed by atoms with Crippen LogP contribution in [-0.2, 0) is 0 Å². The van der Waals surface area contributed by atoms with E-state index in [9.17, 15) is 14.9 Å². The minimum Gasteiger partial charge on any atom is -0.497 e. The Bertz CT molecular complexity index is 784. The molecule has 0 spiro atoms. The van der Waals surface area contributed by atoms with Crippen LogP contribution in [0.5, 0.6) is 5.75 Å². The monoisotopic (exact) mass is 355 g/mol. The number of rotatable bonds is 5. The van der Waals surface area contributed by atoms with Crippen LogP contribution in [-0.4, -0.2) is 42.0 Å². The first-order valence-electron chi connectivity index (χ1n) is 8.51. The van der Waals surface area contributed by atoms with Crippen LogP contribution in [0.25, 0.3) is 0 Å². The number of amides is 1. The van der Waals surface area contributed by atoms with E-state index in [1.165, 1.54) is 12.1 Å². The van der Waals surface area contributed by atoms with E-state index in [0.29, 0.717) is 18.7 Å². The average molecular weight is 355 g/mol. The predicted octanol–water partition coefficient (Wildman–Crippen LogP) is 3.32. The van der Waals surface area contributed by atoms with E-state index in [1.54, 1.807) is 24.1 Å². The highest BCUT2D eigenvalue weighted by atomic mass is 16.6. The van der Waals surface area contributed by atoms with Gasteiger partial charge in [-0.15, -0.1) is 0 Å². The SMILES string of the molecule is COc1ccc(NC2CCN(C(=O)c3cccc([N+](=O)[O-])c3)CC2)cc1. The van der Waals surface area contributed by atoms with Gasteiger partial charge in [-0.1, -0.05) is 6.07 Å². The minimum atomic E-state index is -0.484. The average Bonchev–Trinajstić information content (AvgIpc) is 2.68. The number of nitro groups is 1. The Labute approximate surface area is 151 Å². The Morgan fingerprint density at radius 2 is 1.88 bits per heavy atom. The Kier molecular flexibility index (Phi) is 5.36. The molecule has 0 bridgehead atoms. The number of nitro benzene ring substituents is 1. The van der Waals surface area contributed by atoms with E-state index in [2.05, 4.69) is 5.32 Å². The quantitative estimate of drug-likeness (QED) is 0.657. The molecule has 0 unspecified atom stereocenters. The normalized spacial score (nSPS) is 14.7. The summed E-state index contributed by atoms with van der Waals surface area (Å²) in [6.45, 7) is 1.24. The third-order valence-corrected chi connectivity index (χ3v) is 4.55. The van der Waals surface area contributed by atoms with E-state index in [0.717, 1.165) is 24.3 Å². The highest BCUT2D eigenvalue weighted by Crippen LogP contribution is 2.21. The standard InChI is InChI=1S/C19H21N3O4/c1-26-18-7-5-15(6-8-18)20-16-9-11-21(12-10-16)19(23)14-3-2-4-17(13-14)22(24)25/h2-8,13,16,20H,9-12H2,1H3. The van der Waals surface area contributed by atoms with Crippen molar-refractivity contribution in [2.24, 2.45) is 0 Å². The van der Waals surface area contributed by atoms with Gasteiger partial charge in [-0.25, -0.2) is 0 Å². The van der Waals surface area contributed by atoms with Gasteiger partial charge in [-0.2, -0.15) is 0 Å². The summed E-state index contributed by atoms with van der Waals surface area (Å²) in [5.74, 6) is 0.657. The van der Waals surface area contributed by atoms with Crippen molar-refractivity contribution >= 4 is 17.3 Å². The van der Waals surface area contributed by atoms with Crippen molar-refractivity contribution in [1.29, 1.82) is 0 Å². The van der Waals surface area contributed by atoms with Crippen molar-refractivity contribution < 1.29 is 14.5 Å². The molecule has 1 heterocycles. The molecule has 7 nitrogen and oxygen atoms in total. The van der Waals surface area contributed by atoms with Crippen LogP contribution in [0.15, 0.2) is 48.5 Å². The zero-order valence-electron chi connectivity index (χ0n) is 14.6. The van der Waals surface area contributed by atoms with Crippen LogP contribution in [0, 0.1) is 10.1 Å². The molecule has 1 fully saturated rings. The van der Waals surface area contributed by atoms with E-state index >= 15 is 0 Å². The summed E-state index contributed by atoms with van der Waals surface area (Å²) in [5, 5.41) is 14.3. The predicted molar refractivity (Wildman–Crippen MR) is 98.6 cm³/mol. The Morgan fingerprint density at radius 1 is 1.19 bits per heavy atom. The number of hydrogen-bond donors (Lipinski definition) is 1. The van der Waals surface area contributed by atoms with Crippen molar-refractivity contribution in [3.8, 4) is 5.75 Å². The molecular weight excluding hydrogens is 334 g/mol. The van der Waals surface area contributed by atoms with Crippen molar-refractivity contribution in [3.05, 3.63) is 64.2 Å². The van der Waals surface area contributed by atoms with Crippen molar-refractivity contribution in [3.63, 3.8) is 0 Å². The lowest BCUT2D eigenvalue weighted by Crippen LogP contribution is -2.42. The van der Waals surface area contributed by atoms with E-state index in [-0.39, 0.29) is 17.6 Å². The molecule has 0 aliphatic carbocycles. The van der Waals surface area contributed by atoms with Gasteiger partial charge in [0, 0.05) is 42.5 Å². The maximum Gasteiger partial charge on any atom is 0.270 e. The molecule has 136 valence electrons. The Balaban J connectivity index is 1.56. The molecule has 3 rings (SSSR count). The Hall–Kier alpha value is -3.09. The number of carbonyl (C=O) groups excluding carboxylic acids is 1. The molecule has 1 aliphatic heterocycles. The number of benzene rings is 2. The fourth-order valence-corrected chi connectivity index (χ4v) is 3.08. The van der Waals surface area contributed by atoms with E-state index in [4.69, 9.17) is 4.74 Å². The molecule has 26 heavy (non-hydrogen) atoms. The highest BCUT2D eigenvalue weighted by Gasteiger charge is 2.24. The summed E-state index contributed by atoms with van der Waals surface area (Å²) >= 11 is 0. The number of nitrogens with zero attached hydrogens (tertiary/aromatic N) is 2. The summed E-state index contributed by atoms with van der Waals surface area (Å²) in [6.07, 6.45) is 1.65. The molecule has 0 saturated carbocycles. The maximum atomic E-state index is 12.6. The molecule has 0 atom stereocenters. The third-order valence-electron chi connectivity index (χ3n) is 4.55. The van der Waals surface area contributed by atoms with Crippen LogP contribution in [0.3, 0.4) is 0 Å². The van der Waals surface area contributed by atoms with Gasteiger partial charge in [0.05, 0.1) is 12.0 Å². The highest BCUT2D eigenvalue weighted by molar-refractivity contribution is 5.94. The lowest BCUT2D eigenvalue weighted by molar-refractivity contribution is -0.384. The van der Waals surface area contributed by atoms with E-state index in [1.807, 2.05) is 24.3 Å². The minimum absolute atomic E-state index is 0.0630. The van der Waals surface area contributed by atoms with Crippen LogP contribution in [0.2, 0.25) is 0 Å². The smallest absolute Gasteiger partial charge is 0.270 e. The first kappa shape index (κ1) is 17.7. The number of carbonyl (C=O) groups is 1. The number of piperidine rings is 1. The molecule has 2 aromatic carbocycles. The first-order valence-corrected chi connectivity index (χ1v) is 8.51. The zero-order chi connectivity index (χ0) is 18.5. The number of anilines is 1. The van der Waals surface area contributed by atoms with Crippen LogP contribution in [0.4, 0.5) is 11.4 Å². The van der Waals surface area contributed by atoms with Crippen molar-refractivity contribution in [2.45, 2.75) is 18.9 Å². The van der Waals surface area contributed by atoms with Gasteiger partial charge < -0.3 is 15.0 Å². The molecule has 0 aromatic heterocycles. The number of hydrogen-bond acceptors (Lipinski definition) is 5. The zero-order valence-corrected chi connectivity index (χ0v) is 14.6. The number of ether oxygens (including phenoxy) is 1. The van der Waals surface area contributed by atoms with E-state index < -0.39 is 4.92 Å². The lowest BCUT2D eigenvalue weighted by Gasteiger charge is -2.33. The maximum absolute atomic E-state index is 12.6. The number of methoxy groups -OCH3 is 1. The molecular formula is C19H21N3O4. The van der Waals surface area contributed by atoms with Crippen LogP contribution in [0.1, 0.15) is 23.2 Å². The van der Waals surface area contributed by atoms with Crippen molar-refractivity contribution in [1.82, 2.24) is 4.90 Å². The van der Waals surface area contributed by atoms with Gasteiger partial charge in [0.2, 0.25) is 0 Å². The lowest BCUT2D eigenvalue weighted by atomic mass is 10.0. The fourth-order valence-electron chi connectivity index (χ4n) is 3.08. The summed E-state index contributed by atoms with van der Waals surface area (Å²) in [6, 6.07) is 13.9. The summed E-state index contributed by atoms with van der Waals surface area (Å²) in [7, 11) is 1.64. The van der Waals surface area contributed by atoms with Gasteiger partial charge in [-0.3, -0.25) is 14.9 Å². The number of likely N-dealkylation sites (tertiary alicyclic amines) is 1. The summed E-state index contributed by atoms with van der Waals surface area (Å²) < 4.78 is 5.15. The van der Waals surface area contributed by atoms with Gasteiger partial charge in [0.1, 0.15) is 5.75 Å². The van der Waals surface area contributed by atoms with Crippen molar-refractivity contribution in [2.75, 3.05) is 25.5 Å². The largest absolute Gasteiger partial charge is 0.497 e. The number of nitrogens with one attached hydrogen (secondary N) is 1. The van der Waals surface area contributed by atoms with Gasteiger partial charge in [0.15, 0.2) is 0 Å². The van der Waals surface area contributed by atoms with Gasteiger partial charge >= 0.3 is 0 Å². The fraction of sp³-hybridized carbons (Fsp3) is 0.316. The molecule has 2 aromatic rings. The first-order chi connectivity index (χ1) is 12.6. The molecule has 1 N–H and O–H groups in total. The summed E-state index contributed by atoms with van der Waals surface area (Å²) in [5.41, 5.74) is 1.32. The summed E-state index contributed by atoms with van der Waals surface area (Å²) in [4.78, 5) is 24.7. The molecule has 1 saturated heterocycles. The second-order valence-electron chi connectivity index (χ2n) is 6.25. The van der Waals surface area contributed by atoms with Crippen LogP contribution >= 0.6 is 0 Å². The second-order valence-corrected chi connectivity index (χ2v) is 6.25. The van der Waals surface area contributed by atoms with Gasteiger partial charge in [-0.05, 0) is 43.2 Å². The second kappa shape index (κ2) is 7.86. The van der Waals surface area contributed by atoms with Gasteiger partial charge in [0.25, 0.3) is 11.6 Å². The molecule has 0 radical (unpaired) electrons. The third kappa shape index (κ3) is 4.11. The Morgan fingerprint density at radius 3 is 2.50 bits per heavy atom. The number of non-ortho nitro benzene ring substituents is 1.